The molecule has 0 fully saturated rings. The second kappa shape index (κ2) is 5.59. The number of pyridine rings is 1. The number of nitrogens with one attached hydrogen (secondary N) is 1. The zero-order chi connectivity index (χ0) is 14.8. The number of imidazole rings is 1. The largest absolute Gasteiger partial charge is 0.331 e. The lowest BCUT2D eigenvalue weighted by Gasteiger charge is -2.15. The Morgan fingerprint density at radius 3 is 2.76 bits per heavy atom. The first-order valence-corrected chi connectivity index (χ1v) is 6.67. The third-order valence-electron chi connectivity index (χ3n) is 3.57. The molecule has 1 aromatic carbocycles. The average Bonchev–Trinajstić information content (AvgIpc) is 2.83. The van der Waals surface area contributed by atoms with E-state index in [9.17, 15) is 4.39 Å². The van der Waals surface area contributed by atoms with E-state index in [1.807, 2.05) is 35.9 Å². The Morgan fingerprint density at radius 2 is 2.10 bits per heavy atom. The molecule has 0 bridgehead atoms. The minimum atomic E-state index is -0.364. The molecule has 2 aromatic heterocycles. The smallest absolute Gasteiger partial charge is 0.141 e. The second-order valence-corrected chi connectivity index (χ2v) is 4.90. The Balaban J connectivity index is 1.92. The molecule has 0 aliphatic rings. The van der Waals surface area contributed by atoms with Crippen molar-refractivity contribution in [2.24, 2.45) is 12.9 Å². The maximum Gasteiger partial charge on any atom is 0.141 e. The fraction of sp³-hybridized carbons (Fsp3) is 0.200. The summed E-state index contributed by atoms with van der Waals surface area (Å²) < 4.78 is 15.0. The van der Waals surface area contributed by atoms with Crippen molar-refractivity contribution in [3.8, 4) is 0 Å². The highest BCUT2D eigenvalue weighted by Crippen LogP contribution is 2.19. The van der Waals surface area contributed by atoms with Crippen molar-refractivity contribution in [1.82, 2.24) is 20.0 Å². The minimum absolute atomic E-state index is 0.221. The summed E-state index contributed by atoms with van der Waals surface area (Å²) in [6, 6.07) is 10.7. The SMILES string of the molecule is Cn1c(CC(NN)c2ccc(F)cn2)nc2ccccc21. The number of hydrogen-bond donors (Lipinski definition) is 2. The van der Waals surface area contributed by atoms with Gasteiger partial charge in [0.1, 0.15) is 11.6 Å². The van der Waals surface area contributed by atoms with Crippen molar-refractivity contribution in [3.63, 3.8) is 0 Å². The van der Waals surface area contributed by atoms with Gasteiger partial charge >= 0.3 is 0 Å². The number of rotatable bonds is 4. The summed E-state index contributed by atoms with van der Waals surface area (Å²) >= 11 is 0. The molecule has 3 aromatic rings. The summed E-state index contributed by atoms with van der Waals surface area (Å²) in [6.07, 6.45) is 1.76. The van der Waals surface area contributed by atoms with E-state index < -0.39 is 0 Å². The van der Waals surface area contributed by atoms with Crippen LogP contribution >= 0.6 is 0 Å². The van der Waals surface area contributed by atoms with Crippen LogP contribution in [0.25, 0.3) is 11.0 Å². The first-order valence-electron chi connectivity index (χ1n) is 6.67. The van der Waals surface area contributed by atoms with Crippen LogP contribution in [0.3, 0.4) is 0 Å². The summed E-state index contributed by atoms with van der Waals surface area (Å²) in [5.74, 6) is 6.14. The highest BCUT2D eigenvalue weighted by atomic mass is 19.1. The van der Waals surface area contributed by atoms with Gasteiger partial charge in [-0.1, -0.05) is 12.1 Å². The van der Waals surface area contributed by atoms with E-state index in [4.69, 9.17) is 5.84 Å². The Kier molecular flexibility index (Phi) is 3.64. The first-order chi connectivity index (χ1) is 10.2. The van der Waals surface area contributed by atoms with Crippen LogP contribution in [-0.2, 0) is 13.5 Å². The normalized spacial score (nSPS) is 12.7. The predicted molar refractivity (Wildman–Crippen MR) is 78.7 cm³/mol. The van der Waals surface area contributed by atoms with Gasteiger partial charge in [-0.15, -0.1) is 0 Å². The lowest BCUT2D eigenvalue weighted by molar-refractivity contribution is 0.516. The van der Waals surface area contributed by atoms with Crippen LogP contribution in [0.2, 0.25) is 0 Å². The number of para-hydroxylation sites is 2. The Hall–Kier alpha value is -2.31. The molecule has 1 unspecified atom stereocenters. The number of aromatic nitrogens is 3. The van der Waals surface area contributed by atoms with Crippen LogP contribution < -0.4 is 11.3 Å². The molecule has 0 amide bonds. The van der Waals surface area contributed by atoms with Crippen molar-refractivity contribution < 1.29 is 4.39 Å². The minimum Gasteiger partial charge on any atom is -0.331 e. The molecule has 6 heteroatoms. The number of nitrogens with zero attached hydrogens (tertiary/aromatic N) is 3. The van der Waals surface area contributed by atoms with Crippen molar-refractivity contribution in [2.75, 3.05) is 0 Å². The van der Waals surface area contributed by atoms with E-state index in [-0.39, 0.29) is 11.9 Å². The molecule has 0 aliphatic heterocycles. The standard InChI is InChI=1S/C15H16FN5/c1-21-14-5-3-2-4-12(14)19-15(21)8-13(20-17)11-7-6-10(16)9-18-11/h2-7,9,13,20H,8,17H2,1H3. The Bertz CT molecular complexity index is 750. The predicted octanol–water partition coefficient (Wildman–Crippen LogP) is 1.85. The number of benzene rings is 1. The van der Waals surface area contributed by atoms with Gasteiger partial charge in [-0.25, -0.2) is 9.37 Å². The summed E-state index contributed by atoms with van der Waals surface area (Å²) in [5.41, 5.74) is 5.41. The van der Waals surface area contributed by atoms with Crippen molar-refractivity contribution >= 4 is 11.0 Å². The molecule has 0 aliphatic carbocycles. The van der Waals surface area contributed by atoms with Gasteiger partial charge in [0.2, 0.25) is 0 Å². The molecule has 108 valence electrons. The molecule has 0 saturated carbocycles. The van der Waals surface area contributed by atoms with E-state index in [2.05, 4.69) is 15.4 Å². The van der Waals surface area contributed by atoms with Gasteiger partial charge in [0.25, 0.3) is 0 Å². The Labute approximate surface area is 121 Å². The lowest BCUT2D eigenvalue weighted by Crippen LogP contribution is -2.31. The summed E-state index contributed by atoms with van der Waals surface area (Å²) in [7, 11) is 1.97. The van der Waals surface area contributed by atoms with Gasteiger partial charge in [-0.2, -0.15) is 0 Å². The molecule has 0 spiro atoms. The number of nitrogens with two attached hydrogens (primary N) is 1. The van der Waals surface area contributed by atoms with Crippen LogP contribution in [0.1, 0.15) is 17.6 Å². The van der Waals surface area contributed by atoms with Gasteiger partial charge < -0.3 is 4.57 Å². The molecule has 5 nitrogen and oxygen atoms in total. The number of hydrogen-bond acceptors (Lipinski definition) is 4. The molecule has 3 N–H and O–H groups in total. The maximum atomic E-state index is 13.0. The van der Waals surface area contributed by atoms with Crippen molar-refractivity contribution in [2.45, 2.75) is 12.5 Å². The quantitative estimate of drug-likeness (QED) is 0.567. The molecule has 3 rings (SSSR count). The molecule has 0 saturated heterocycles. The van der Waals surface area contributed by atoms with Crippen LogP contribution in [0, 0.1) is 5.82 Å². The molecule has 2 heterocycles. The van der Waals surface area contributed by atoms with Gasteiger partial charge in [-0.05, 0) is 24.3 Å². The maximum absolute atomic E-state index is 13.0. The first kappa shape index (κ1) is 13.7. The van der Waals surface area contributed by atoms with Crippen LogP contribution in [0.15, 0.2) is 42.6 Å². The van der Waals surface area contributed by atoms with Gasteiger partial charge in [-0.3, -0.25) is 16.3 Å². The molecule has 1 atom stereocenters. The van der Waals surface area contributed by atoms with Crippen LogP contribution in [0.5, 0.6) is 0 Å². The van der Waals surface area contributed by atoms with Crippen molar-refractivity contribution in [1.29, 1.82) is 0 Å². The number of hydrazine groups is 1. The van der Waals surface area contributed by atoms with Gasteiger partial charge in [0, 0.05) is 13.5 Å². The van der Waals surface area contributed by atoms with E-state index in [1.165, 1.54) is 12.3 Å². The van der Waals surface area contributed by atoms with Crippen LogP contribution in [0.4, 0.5) is 4.39 Å². The Morgan fingerprint density at radius 1 is 1.29 bits per heavy atom. The molecular formula is C15H16FN5. The highest BCUT2D eigenvalue weighted by Gasteiger charge is 2.16. The third kappa shape index (κ3) is 2.63. The lowest BCUT2D eigenvalue weighted by atomic mass is 10.1. The summed E-state index contributed by atoms with van der Waals surface area (Å²) in [6.45, 7) is 0. The van der Waals surface area contributed by atoms with Crippen LogP contribution in [-0.4, -0.2) is 14.5 Å². The molecular weight excluding hydrogens is 269 g/mol. The van der Waals surface area contributed by atoms with Crippen molar-refractivity contribution in [3.05, 3.63) is 59.9 Å². The number of fused-ring (bicyclic) bond motifs is 1. The molecule has 21 heavy (non-hydrogen) atoms. The fourth-order valence-corrected chi connectivity index (χ4v) is 2.40. The number of halogens is 1. The zero-order valence-electron chi connectivity index (χ0n) is 11.6. The third-order valence-corrected chi connectivity index (χ3v) is 3.57. The monoisotopic (exact) mass is 285 g/mol. The molecule has 0 radical (unpaired) electrons. The van der Waals surface area contributed by atoms with Gasteiger partial charge in [0.15, 0.2) is 0 Å². The van der Waals surface area contributed by atoms with E-state index in [0.29, 0.717) is 12.1 Å². The fourth-order valence-electron chi connectivity index (χ4n) is 2.40. The summed E-state index contributed by atoms with van der Waals surface area (Å²) in [4.78, 5) is 8.68. The van der Waals surface area contributed by atoms with Gasteiger partial charge in [0.05, 0.1) is 29.0 Å². The topological polar surface area (TPSA) is 68.8 Å². The highest BCUT2D eigenvalue weighted by molar-refractivity contribution is 5.75. The average molecular weight is 285 g/mol. The second-order valence-electron chi connectivity index (χ2n) is 4.90. The summed E-state index contributed by atoms with van der Waals surface area (Å²) in [5, 5.41) is 0. The van der Waals surface area contributed by atoms with E-state index in [0.717, 1.165) is 16.9 Å². The van der Waals surface area contributed by atoms with E-state index >= 15 is 0 Å². The number of aryl methyl sites for hydroxylation is 1. The van der Waals surface area contributed by atoms with E-state index in [1.54, 1.807) is 6.07 Å². The zero-order valence-corrected chi connectivity index (χ0v) is 11.6.